The average Bonchev–Trinajstić information content (AvgIpc) is 3.08. The normalized spacial score (nSPS) is 14.2. The van der Waals surface area contributed by atoms with E-state index in [4.69, 9.17) is 4.74 Å². The van der Waals surface area contributed by atoms with Gasteiger partial charge in [-0.05, 0) is 18.2 Å². The number of pyridine rings is 1. The van der Waals surface area contributed by atoms with Gasteiger partial charge in [-0.15, -0.1) is 0 Å². The van der Waals surface area contributed by atoms with Gasteiger partial charge in [0.05, 0.1) is 36.2 Å². The molecule has 0 spiro atoms. The van der Waals surface area contributed by atoms with E-state index in [1.54, 1.807) is 18.1 Å². The minimum Gasteiger partial charge on any atom is -0.487 e. The van der Waals surface area contributed by atoms with E-state index in [2.05, 4.69) is 15.4 Å². The Balaban J connectivity index is 1.46. The molecular weight excluding hydrogens is 434 g/mol. The Morgan fingerprint density at radius 2 is 2.00 bits per heavy atom. The number of benzene rings is 1. The molecule has 1 fully saturated rings. The number of carbonyl (C=O) groups excluding carboxylic acids is 1. The molecule has 12 heteroatoms. The topological polar surface area (TPSA) is 92.2 Å². The third-order valence-electron chi connectivity index (χ3n) is 4.78. The van der Waals surface area contributed by atoms with Gasteiger partial charge in [-0.3, -0.25) is 14.3 Å². The minimum atomic E-state index is -4.70. The molecule has 1 aliphatic heterocycles. The first-order valence-electron chi connectivity index (χ1n) is 9.41. The van der Waals surface area contributed by atoms with E-state index in [1.165, 1.54) is 23.0 Å². The fourth-order valence-electron chi connectivity index (χ4n) is 3.28. The Bertz CT molecular complexity index is 1210. The summed E-state index contributed by atoms with van der Waals surface area (Å²) in [6.45, 7) is 0.439. The highest BCUT2D eigenvalue weighted by Crippen LogP contribution is 2.33. The lowest BCUT2D eigenvalue weighted by molar-refractivity contribution is -0.137. The van der Waals surface area contributed by atoms with E-state index in [9.17, 15) is 27.2 Å². The average molecular weight is 451 g/mol. The van der Waals surface area contributed by atoms with Crippen LogP contribution in [0.4, 0.5) is 28.9 Å². The van der Waals surface area contributed by atoms with Gasteiger partial charge in [0.15, 0.2) is 0 Å². The number of H-pyrrole nitrogens is 1. The van der Waals surface area contributed by atoms with Crippen LogP contribution < -0.4 is 20.5 Å². The smallest absolute Gasteiger partial charge is 0.416 e. The van der Waals surface area contributed by atoms with Gasteiger partial charge in [0, 0.05) is 25.4 Å². The van der Waals surface area contributed by atoms with Crippen molar-refractivity contribution in [3.63, 3.8) is 0 Å². The predicted molar refractivity (Wildman–Crippen MR) is 106 cm³/mol. The summed E-state index contributed by atoms with van der Waals surface area (Å²) in [4.78, 5) is 28.6. The molecule has 8 nitrogen and oxygen atoms in total. The Hall–Kier alpha value is -3.83. The second-order valence-corrected chi connectivity index (χ2v) is 7.26. The Kier molecular flexibility index (Phi) is 5.36. The van der Waals surface area contributed by atoms with Crippen molar-refractivity contribution in [2.75, 3.05) is 23.3 Å². The van der Waals surface area contributed by atoms with Crippen molar-refractivity contribution in [1.82, 2.24) is 14.8 Å². The SMILES string of the molecule is Cn1cc(NC(=O)c2[nH]c(=O)ccc2N2CC(Oc3cc(F)cc(C(F)(F)F)c3)C2)cn1. The standard InChI is InChI=1S/C20H17F4N5O3/c1-28-8-13(7-25-28)26-19(31)18-16(2-3-17(30)27-18)29-9-15(10-29)32-14-5-11(20(22,23)24)4-12(21)6-14/h2-8,15H,9-10H2,1H3,(H,26,31)(H,27,30). The van der Waals surface area contributed by atoms with Gasteiger partial charge in [0.25, 0.3) is 5.91 Å². The summed E-state index contributed by atoms with van der Waals surface area (Å²) in [5, 5.41) is 6.58. The number of aryl methyl sites for hydroxylation is 1. The molecule has 0 bridgehead atoms. The fourth-order valence-corrected chi connectivity index (χ4v) is 3.28. The Morgan fingerprint density at radius 3 is 2.66 bits per heavy atom. The summed E-state index contributed by atoms with van der Waals surface area (Å²) < 4.78 is 59.1. The maximum Gasteiger partial charge on any atom is 0.416 e. The quantitative estimate of drug-likeness (QED) is 0.582. The lowest BCUT2D eigenvalue weighted by Gasteiger charge is -2.41. The van der Waals surface area contributed by atoms with Crippen molar-refractivity contribution in [2.45, 2.75) is 12.3 Å². The zero-order chi connectivity index (χ0) is 23.0. The maximum atomic E-state index is 13.6. The van der Waals surface area contributed by atoms with Crippen LogP contribution in [0.25, 0.3) is 0 Å². The summed E-state index contributed by atoms with van der Waals surface area (Å²) in [5.74, 6) is -1.85. The van der Waals surface area contributed by atoms with Crippen molar-refractivity contribution >= 4 is 17.3 Å². The third kappa shape index (κ3) is 4.58. The van der Waals surface area contributed by atoms with Crippen LogP contribution in [-0.2, 0) is 13.2 Å². The molecule has 4 rings (SSSR count). The number of rotatable bonds is 5. The van der Waals surface area contributed by atoms with Crippen LogP contribution in [0.3, 0.4) is 0 Å². The van der Waals surface area contributed by atoms with E-state index in [0.717, 1.165) is 12.1 Å². The molecule has 3 heterocycles. The zero-order valence-corrected chi connectivity index (χ0v) is 16.6. The van der Waals surface area contributed by atoms with Crippen LogP contribution >= 0.6 is 0 Å². The highest BCUT2D eigenvalue weighted by molar-refractivity contribution is 6.06. The molecule has 2 aromatic heterocycles. The van der Waals surface area contributed by atoms with E-state index in [-0.39, 0.29) is 24.5 Å². The van der Waals surface area contributed by atoms with Crippen LogP contribution in [0.15, 0.2) is 47.5 Å². The van der Waals surface area contributed by atoms with Gasteiger partial charge < -0.3 is 19.9 Å². The molecule has 1 aliphatic rings. The highest BCUT2D eigenvalue weighted by atomic mass is 19.4. The molecule has 0 aliphatic carbocycles. The number of hydrogen-bond acceptors (Lipinski definition) is 5. The molecule has 1 amide bonds. The van der Waals surface area contributed by atoms with E-state index >= 15 is 0 Å². The van der Waals surface area contributed by atoms with E-state index in [0.29, 0.717) is 17.4 Å². The Labute approximate surface area is 178 Å². The number of nitrogens with one attached hydrogen (secondary N) is 2. The predicted octanol–water partition coefficient (Wildman–Crippen LogP) is 2.79. The molecule has 3 aromatic rings. The fraction of sp³-hybridized carbons (Fsp3) is 0.250. The Morgan fingerprint density at radius 1 is 1.25 bits per heavy atom. The van der Waals surface area contributed by atoms with Crippen molar-refractivity contribution in [3.05, 3.63) is 70.2 Å². The summed E-state index contributed by atoms with van der Waals surface area (Å²) in [6, 6.07) is 4.74. The molecule has 0 saturated carbocycles. The lowest BCUT2D eigenvalue weighted by atomic mass is 10.1. The summed E-state index contributed by atoms with van der Waals surface area (Å²) >= 11 is 0. The monoisotopic (exact) mass is 451 g/mol. The number of anilines is 2. The molecule has 2 N–H and O–H groups in total. The van der Waals surface area contributed by atoms with Gasteiger partial charge in [-0.25, -0.2) is 4.39 Å². The van der Waals surface area contributed by atoms with Crippen LogP contribution in [0.1, 0.15) is 16.1 Å². The van der Waals surface area contributed by atoms with Crippen LogP contribution in [0, 0.1) is 5.82 Å². The molecule has 32 heavy (non-hydrogen) atoms. The molecule has 1 aromatic carbocycles. The van der Waals surface area contributed by atoms with E-state index in [1.807, 2.05) is 0 Å². The number of aromatic nitrogens is 3. The molecule has 0 atom stereocenters. The number of alkyl halides is 3. The maximum absolute atomic E-state index is 13.6. The molecule has 1 saturated heterocycles. The second-order valence-electron chi connectivity index (χ2n) is 7.26. The summed E-state index contributed by atoms with van der Waals surface area (Å²) in [5.41, 5.74) is -0.743. The number of hydrogen-bond donors (Lipinski definition) is 2. The van der Waals surface area contributed by atoms with Crippen LogP contribution in [-0.4, -0.2) is 39.9 Å². The number of nitrogens with zero attached hydrogens (tertiary/aromatic N) is 3. The van der Waals surface area contributed by atoms with Crippen LogP contribution in [0.5, 0.6) is 5.75 Å². The number of carbonyl (C=O) groups is 1. The number of amides is 1. The van der Waals surface area contributed by atoms with Crippen molar-refractivity contribution in [2.24, 2.45) is 7.05 Å². The van der Waals surface area contributed by atoms with Crippen molar-refractivity contribution in [1.29, 1.82) is 0 Å². The van der Waals surface area contributed by atoms with Crippen LogP contribution in [0.2, 0.25) is 0 Å². The summed E-state index contributed by atoms with van der Waals surface area (Å²) in [6.07, 6.45) is -2.20. The second kappa shape index (κ2) is 8.02. The third-order valence-corrected chi connectivity index (χ3v) is 4.78. The van der Waals surface area contributed by atoms with Crippen molar-refractivity contribution < 1.29 is 27.1 Å². The number of ether oxygens (including phenoxy) is 1. The van der Waals surface area contributed by atoms with Gasteiger partial charge in [0.1, 0.15) is 23.4 Å². The first-order valence-corrected chi connectivity index (χ1v) is 9.41. The number of halogens is 4. The number of aromatic amines is 1. The van der Waals surface area contributed by atoms with Gasteiger partial charge in [-0.2, -0.15) is 18.3 Å². The van der Waals surface area contributed by atoms with Gasteiger partial charge >= 0.3 is 6.18 Å². The van der Waals surface area contributed by atoms with Crippen molar-refractivity contribution in [3.8, 4) is 5.75 Å². The molecule has 0 unspecified atom stereocenters. The minimum absolute atomic E-state index is 0.0184. The molecular formula is C20H17F4N5O3. The van der Waals surface area contributed by atoms with Gasteiger partial charge in [0.2, 0.25) is 5.56 Å². The highest BCUT2D eigenvalue weighted by Gasteiger charge is 2.34. The largest absolute Gasteiger partial charge is 0.487 e. The first-order chi connectivity index (χ1) is 15.1. The summed E-state index contributed by atoms with van der Waals surface area (Å²) in [7, 11) is 1.68. The van der Waals surface area contributed by atoms with E-state index < -0.39 is 35.1 Å². The zero-order valence-electron chi connectivity index (χ0n) is 16.6. The van der Waals surface area contributed by atoms with Gasteiger partial charge in [-0.1, -0.05) is 0 Å². The molecule has 168 valence electrons. The molecule has 0 radical (unpaired) electrons. The lowest BCUT2D eigenvalue weighted by Crippen LogP contribution is -2.54. The first kappa shape index (κ1) is 21.4.